The third kappa shape index (κ3) is 2.85. The van der Waals surface area contributed by atoms with E-state index in [1.165, 1.54) is 7.11 Å². The predicted octanol–water partition coefficient (Wildman–Crippen LogP) is -1.08. The Morgan fingerprint density at radius 2 is 1.92 bits per heavy atom. The molecule has 0 aliphatic heterocycles. The van der Waals surface area contributed by atoms with E-state index in [9.17, 15) is 9.59 Å². The molecule has 0 aliphatic carbocycles. The zero-order chi connectivity index (χ0) is 9.78. The number of hydrogen-bond donors (Lipinski definition) is 3. The van der Waals surface area contributed by atoms with Crippen LogP contribution >= 0.6 is 0 Å². The number of aliphatic hydroxyl groups is 1. The van der Waals surface area contributed by atoms with Crippen LogP contribution < -0.4 is 0 Å². The lowest BCUT2D eigenvalue weighted by Gasteiger charge is -2.19. The van der Waals surface area contributed by atoms with E-state index in [0.717, 1.165) is 0 Å². The summed E-state index contributed by atoms with van der Waals surface area (Å²) in [7, 11) is 1.18. The molecule has 12 heavy (non-hydrogen) atoms. The van der Waals surface area contributed by atoms with Gasteiger partial charge in [-0.15, -0.1) is 0 Å². The maximum atomic E-state index is 10.4. The molecular weight excluding hydrogens is 168 g/mol. The van der Waals surface area contributed by atoms with Crippen LogP contribution in [0, 0.1) is 0 Å². The van der Waals surface area contributed by atoms with Crippen molar-refractivity contribution < 1.29 is 29.6 Å². The summed E-state index contributed by atoms with van der Waals surface area (Å²) in [6.45, 7) is -0.547. The Balaban J connectivity index is 4.38. The van der Waals surface area contributed by atoms with Crippen LogP contribution in [-0.2, 0) is 14.3 Å². The lowest BCUT2D eigenvalue weighted by atomic mass is 10.0. The van der Waals surface area contributed by atoms with Crippen LogP contribution in [0.5, 0.6) is 0 Å². The number of hydrogen-bond acceptors (Lipinski definition) is 4. The maximum Gasteiger partial charge on any atom is 0.338 e. The van der Waals surface area contributed by atoms with Crippen molar-refractivity contribution in [2.45, 2.75) is 12.0 Å². The molecule has 0 saturated heterocycles. The third-order valence-corrected chi connectivity index (χ3v) is 1.22. The van der Waals surface area contributed by atoms with Gasteiger partial charge in [0.1, 0.15) is 0 Å². The molecule has 0 aromatic heterocycles. The largest absolute Gasteiger partial charge is 0.481 e. The molecule has 6 heteroatoms. The summed E-state index contributed by atoms with van der Waals surface area (Å²) >= 11 is 0. The Morgan fingerprint density at radius 1 is 1.42 bits per heavy atom. The maximum absolute atomic E-state index is 10.4. The van der Waals surface area contributed by atoms with Crippen molar-refractivity contribution in [2.75, 3.05) is 13.7 Å². The van der Waals surface area contributed by atoms with E-state index in [0.29, 0.717) is 0 Å². The molecule has 0 aromatic rings. The van der Waals surface area contributed by atoms with Crippen LogP contribution in [0.15, 0.2) is 0 Å². The van der Waals surface area contributed by atoms with Gasteiger partial charge >= 0.3 is 11.9 Å². The minimum absolute atomic E-state index is 0.547. The van der Waals surface area contributed by atoms with E-state index in [4.69, 9.17) is 15.3 Å². The first-order chi connectivity index (χ1) is 5.42. The van der Waals surface area contributed by atoms with Gasteiger partial charge in [-0.3, -0.25) is 4.79 Å². The average Bonchev–Trinajstić information content (AvgIpc) is 1.85. The topological polar surface area (TPSA) is 104 Å². The van der Waals surface area contributed by atoms with Crippen LogP contribution in [0.4, 0.5) is 0 Å². The van der Waals surface area contributed by atoms with Crippen LogP contribution in [0.2, 0.25) is 0 Å². The van der Waals surface area contributed by atoms with E-state index >= 15 is 0 Å². The second-order valence-corrected chi connectivity index (χ2v) is 2.34. The second-order valence-electron chi connectivity index (χ2n) is 2.34. The average molecular weight is 178 g/mol. The molecule has 3 N–H and O–H groups in total. The number of carboxylic acid groups (broad SMARTS) is 2. The van der Waals surface area contributed by atoms with Gasteiger partial charge in [0.15, 0.2) is 5.60 Å². The molecule has 0 aromatic carbocycles. The fourth-order valence-electron chi connectivity index (χ4n) is 0.677. The van der Waals surface area contributed by atoms with Crippen molar-refractivity contribution in [3.05, 3.63) is 0 Å². The number of carboxylic acids is 2. The normalized spacial score (nSPS) is 15.2. The van der Waals surface area contributed by atoms with Gasteiger partial charge in [-0.1, -0.05) is 0 Å². The molecule has 0 amide bonds. The van der Waals surface area contributed by atoms with Crippen LogP contribution in [-0.4, -0.2) is 46.6 Å². The van der Waals surface area contributed by atoms with Crippen molar-refractivity contribution in [2.24, 2.45) is 0 Å². The molecule has 0 saturated carbocycles. The summed E-state index contributed by atoms with van der Waals surface area (Å²) in [4.78, 5) is 20.5. The lowest BCUT2D eigenvalue weighted by Crippen LogP contribution is -2.44. The van der Waals surface area contributed by atoms with E-state index in [-0.39, 0.29) is 0 Å². The first-order valence-corrected chi connectivity index (χ1v) is 3.09. The Hall–Kier alpha value is -1.14. The van der Waals surface area contributed by atoms with Crippen LogP contribution in [0.1, 0.15) is 6.42 Å². The first kappa shape index (κ1) is 10.9. The van der Waals surface area contributed by atoms with E-state index < -0.39 is 30.6 Å². The minimum Gasteiger partial charge on any atom is -0.481 e. The summed E-state index contributed by atoms with van der Waals surface area (Å²) in [6.07, 6.45) is -0.879. The second kappa shape index (κ2) is 4.03. The monoisotopic (exact) mass is 178 g/mol. The highest BCUT2D eigenvalue weighted by Crippen LogP contribution is 2.10. The summed E-state index contributed by atoms with van der Waals surface area (Å²) < 4.78 is 4.38. The van der Waals surface area contributed by atoms with Crippen LogP contribution in [0.3, 0.4) is 0 Å². The van der Waals surface area contributed by atoms with Gasteiger partial charge in [-0.05, 0) is 0 Å². The van der Waals surface area contributed by atoms with Gasteiger partial charge in [0.05, 0.1) is 13.0 Å². The molecule has 0 heterocycles. The van der Waals surface area contributed by atoms with E-state index in [1.807, 2.05) is 0 Å². The van der Waals surface area contributed by atoms with Gasteiger partial charge in [0, 0.05) is 7.11 Å². The highest BCUT2D eigenvalue weighted by Gasteiger charge is 2.38. The van der Waals surface area contributed by atoms with E-state index in [1.54, 1.807) is 0 Å². The standard InChI is InChI=1S/C6H10O6/c1-12-3-6(11,5(9)10)2-4(7)8/h11H,2-3H2,1H3,(H,7,8)(H,9,10). The van der Waals surface area contributed by atoms with Crippen molar-refractivity contribution in [3.63, 3.8) is 0 Å². The third-order valence-electron chi connectivity index (χ3n) is 1.22. The van der Waals surface area contributed by atoms with Gasteiger partial charge < -0.3 is 20.1 Å². The molecule has 0 rings (SSSR count). The summed E-state index contributed by atoms with van der Waals surface area (Å²) in [5.74, 6) is -3.00. The Morgan fingerprint density at radius 3 is 2.17 bits per heavy atom. The molecule has 0 spiro atoms. The molecule has 1 unspecified atom stereocenters. The van der Waals surface area contributed by atoms with Gasteiger partial charge in [0.2, 0.25) is 0 Å². The number of aliphatic carboxylic acids is 2. The minimum atomic E-state index is -2.33. The highest BCUT2D eigenvalue weighted by atomic mass is 16.5. The fraction of sp³-hybridized carbons (Fsp3) is 0.667. The summed E-state index contributed by atoms with van der Waals surface area (Å²) in [5.41, 5.74) is -2.33. The lowest BCUT2D eigenvalue weighted by molar-refractivity contribution is -0.170. The number of rotatable bonds is 5. The van der Waals surface area contributed by atoms with Gasteiger partial charge in [0.25, 0.3) is 0 Å². The molecule has 6 nitrogen and oxygen atoms in total. The number of ether oxygens (including phenoxy) is 1. The molecular formula is C6H10O6. The molecule has 0 aliphatic rings. The number of methoxy groups -OCH3 is 1. The summed E-state index contributed by atoms with van der Waals surface area (Å²) in [6, 6.07) is 0. The first-order valence-electron chi connectivity index (χ1n) is 3.09. The van der Waals surface area contributed by atoms with Gasteiger partial charge in [-0.25, -0.2) is 4.79 Å². The molecule has 1 atom stereocenters. The molecule has 70 valence electrons. The van der Waals surface area contributed by atoms with E-state index in [2.05, 4.69) is 4.74 Å². The Labute approximate surface area is 68.4 Å². The SMILES string of the molecule is COCC(O)(CC(=O)O)C(=O)O. The fourth-order valence-corrected chi connectivity index (χ4v) is 0.677. The zero-order valence-corrected chi connectivity index (χ0v) is 6.48. The molecule has 0 fully saturated rings. The van der Waals surface area contributed by atoms with Crippen molar-refractivity contribution in [1.82, 2.24) is 0 Å². The molecule has 0 bridgehead atoms. The van der Waals surface area contributed by atoms with Gasteiger partial charge in [-0.2, -0.15) is 0 Å². The predicted molar refractivity (Wildman–Crippen MR) is 36.7 cm³/mol. The Bertz CT molecular complexity index is 188. The Kier molecular flexibility index (Phi) is 3.65. The summed E-state index contributed by atoms with van der Waals surface area (Å²) in [5, 5.41) is 25.8. The van der Waals surface area contributed by atoms with Crippen LogP contribution in [0.25, 0.3) is 0 Å². The quantitative estimate of drug-likeness (QED) is 0.494. The van der Waals surface area contributed by atoms with Crippen molar-refractivity contribution >= 4 is 11.9 Å². The highest BCUT2D eigenvalue weighted by molar-refractivity contribution is 5.83. The number of carbonyl (C=O) groups is 2. The van der Waals surface area contributed by atoms with Crippen molar-refractivity contribution in [3.8, 4) is 0 Å². The van der Waals surface area contributed by atoms with Crippen molar-refractivity contribution in [1.29, 1.82) is 0 Å². The molecule has 0 radical (unpaired) electrons. The smallest absolute Gasteiger partial charge is 0.338 e. The zero-order valence-electron chi connectivity index (χ0n) is 6.48.